The monoisotopic (exact) mass is 295 g/mol. The molecule has 4 atom stereocenters. The second-order valence-electron chi connectivity index (χ2n) is 6.37. The molecule has 1 saturated heterocycles. The molecule has 2 nitrogen and oxygen atoms in total. The summed E-state index contributed by atoms with van der Waals surface area (Å²) in [6.07, 6.45) is 8.47. The molecule has 2 bridgehead atoms. The van der Waals surface area contributed by atoms with E-state index >= 15 is 0 Å². The molecular formula is C18H14ClNO. The zero-order valence-electron chi connectivity index (χ0n) is 11.6. The van der Waals surface area contributed by atoms with E-state index in [1.54, 1.807) is 0 Å². The number of allylic oxidation sites excluding steroid dienone is 4. The average molecular weight is 296 g/mol. The molecule has 1 spiro atoms. The first-order valence-corrected chi connectivity index (χ1v) is 7.75. The van der Waals surface area contributed by atoms with Crippen molar-refractivity contribution in [2.24, 2.45) is 5.92 Å². The van der Waals surface area contributed by atoms with Gasteiger partial charge in [-0.25, -0.2) is 0 Å². The first-order valence-electron chi connectivity index (χ1n) is 7.31. The highest BCUT2D eigenvalue weighted by molar-refractivity contribution is 6.24. The summed E-state index contributed by atoms with van der Waals surface area (Å²) in [5.74, 6) is 0.0755. The first-order chi connectivity index (χ1) is 10.1. The number of carbonyl (C=O) groups excluding carboxylic acids is 1. The number of amides is 1. The van der Waals surface area contributed by atoms with Crippen molar-refractivity contribution in [1.29, 1.82) is 0 Å². The van der Waals surface area contributed by atoms with Gasteiger partial charge in [-0.1, -0.05) is 48.1 Å². The van der Waals surface area contributed by atoms with Gasteiger partial charge in [-0.05, 0) is 29.2 Å². The third-order valence-corrected chi connectivity index (χ3v) is 5.67. The Hall–Kier alpha value is -1.80. The summed E-state index contributed by atoms with van der Waals surface area (Å²) in [6, 6.07) is 6.53. The van der Waals surface area contributed by atoms with Crippen LogP contribution in [0.3, 0.4) is 0 Å². The molecule has 4 unspecified atom stereocenters. The van der Waals surface area contributed by atoms with Gasteiger partial charge in [0.2, 0.25) is 5.91 Å². The van der Waals surface area contributed by atoms with Crippen molar-refractivity contribution in [3.8, 4) is 0 Å². The van der Waals surface area contributed by atoms with Gasteiger partial charge in [0.25, 0.3) is 0 Å². The molecule has 1 amide bonds. The second-order valence-corrected chi connectivity index (χ2v) is 6.88. The Balaban J connectivity index is 1.87. The summed E-state index contributed by atoms with van der Waals surface area (Å²) in [7, 11) is 0. The molecule has 1 fully saturated rings. The van der Waals surface area contributed by atoms with E-state index in [-0.39, 0.29) is 23.1 Å². The minimum atomic E-state index is -0.466. The van der Waals surface area contributed by atoms with Gasteiger partial charge in [0.15, 0.2) is 0 Å². The fraction of sp³-hybridized carbons (Fsp3) is 0.278. The Labute approximate surface area is 128 Å². The zero-order chi connectivity index (χ0) is 14.4. The van der Waals surface area contributed by atoms with Crippen LogP contribution in [-0.4, -0.2) is 11.3 Å². The lowest BCUT2D eigenvalue weighted by Gasteiger charge is -2.45. The lowest BCUT2D eigenvalue weighted by Crippen LogP contribution is -2.44. The van der Waals surface area contributed by atoms with Gasteiger partial charge in [-0.3, -0.25) is 4.79 Å². The molecule has 1 aromatic rings. The van der Waals surface area contributed by atoms with E-state index in [9.17, 15) is 4.79 Å². The number of hydrogen-bond donors (Lipinski definition) is 1. The van der Waals surface area contributed by atoms with E-state index in [2.05, 4.69) is 48.7 Å². The maximum atomic E-state index is 12.5. The van der Waals surface area contributed by atoms with Gasteiger partial charge in [0, 0.05) is 5.92 Å². The molecule has 0 radical (unpaired) electrons. The highest BCUT2D eigenvalue weighted by atomic mass is 35.5. The third-order valence-electron chi connectivity index (χ3n) is 5.27. The number of aryl methyl sites for hydroxylation is 1. The number of carbonyl (C=O) groups is 1. The fourth-order valence-electron chi connectivity index (χ4n) is 4.44. The average Bonchev–Trinajstić information content (AvgIpc) is 2.77. The van der Waals surface area contributed by atoms with Crippen LogP contribution in [0, 0.1) is 12.8 Å². The van der Waals surface area contributed by atoms with Crippen molar-refractivity contribution < 1.29 is 4.79 Å². The Morgan fingerprint density at radius 3 is 3.00 bits per heavy atom. The van der Waals surface area contributed by atoms with Crippen LogP contribution >= 0.6 is 11.6 Å². The van der Waals surface area contributed by atoms with Crippen molar-refractivity contribution in [3.05, 3.63) is 70.3 Å². The predicted octanol–water partition coefficient (Wildman–Crippen LogP) is 3.08. The number of benzene rings is 1. The normalized spacial score (nSPS) is 37.6. The van der Waals surface area contributed by atoms with E-state index in [0.29, 0.717) is 0 Å². The van der Waals surface area contributed by atoms with Crippen molar-refractivity contribution in [1.82, 2.24) is 5.32 Å². The van der Waals surface area contributed by atoms with E-state index in [1.807, 2.05) is 6.08 Å². The lowest BCUT2D eigenvalue weighted by molar-refractivity contribution is -0.122. The Morgan fingerprint density at radius 1 is 1.29 bits per heavy atom. The van der Waals surface area contributed by atoms with Gasteiger partial charge in [-0.15, -0.1) is 11.6 Å². The van der Waals surface area contributed by atoms with E-state index in [1.165, 1.54) is 27.8 Å². The highest BCUT2D eigenvalue weighted by Crippen LogP contribution is 2.58. The third kappa shape index (κ3) is 1.20. The molecule has 4 aliphatic carbocycles. The topological polar surface area (TPSA) is 29.1 Å². The number of halogens is 1. The maximum Gasteiger partial charge on any atom is 0.230 e. The van der Waals surface area contributed by atoms with Crippen LogP contribution < -0.4 is 5.32 Å². The molecule has 0 aromatic heterocycles. The van der Waals surface area contributed by atoms with Gasteiger partial charge in [0.05, 0.1) is 11.3 Å². The molecule has 21 heavy (non-hydrogen) atoms. The summed E-state index contributed by atoms with van der Waals surface area (Å²) in [6.45, 7) is 2.11. The lowest BCUT2D eigenvalue weighted by atomic mass is 9.61. The molecule has 3 heteroatoms. The summed E-state index contributed by atoms with van der Waals surface area (Å²) >= 11 is 6.40. The Morgan fingerprint density at radius 2 is 2.14 bits per heavy atom. The fourth-order valence-corrected chi connectivity index (χ4v) is 4.76. The quantitative estimate of drug-likeness (QED) is 0.578. The molecule has 1 N–H and O–H groups in total. The molecule has 5 aliphatic rings. The van der Waals surface area contributed by atoms with Gasteiger partial charge in [-0.2, -0.15) is 0 Å². The molecule has 0 saturated carbocycles. The van der Waals surface area contributed by atoms with E-state index in [0.717, 1.165) is 0 Å². The molecule has 1 heterocycles. The second kappa shape index (κ2) is 3.50. The number of rotatable bonds is 0. The van der Waals surface area contributed by atoms with Gasteiger partial charge < -0.3 is 5.32 Å². The van der Waals surface area contributed by atoms with Crippen LogP contribution in [0.5, 0.6) is 0 Å². The van der Waals surface area contributed by atoms with Crippen LogP contribution in [0.1, 0.15) is 22.6 Å². The van der Waals surface area contributed by atoms with Crippen LogP contribution in [0.25, 0.3) is 0 Å². The van der Waals surface area contributed by atoms with Crippen molar-refractivity contribution in [3.63, 3.8) is 0 Å². The molecular weight excluding hydrogens is 282 g/mol. The maximum absolute atomic E-state index is 12.5. The number of nitrogens with one attached hydrogen (secondary N) is 1. The van der Waals surface area contributed by atoms with Crippen molar-refractivity contribution >= 4 is 17.5 Å². The summed E-state index contributed by atoms with van der Waals surface area (Å²) in [4.78, 5) is 12.5. The Bertz CT molecular complexity index is 803. The molecule has 1 aromatic carbocycles. The number of alkyl halides is 1. The Kier molecular flexibility index (Phi) is 1.97. The summed E-state index contributed by atoms with van der Waals surface area (Å²) < 4.78 is 0. The van der Waals surface area contributed by atoms with Crippen LogP contribution in [-0.2, 0) is 10.3 Å². The SMILES string of the molecule is Cc1ccc2c(c1)C1C=CC23NC(=O)C2C3=C1C=CC2Cl. The van der Waals surface area contributed by atoms with Crippen molar-refractivity contribution in [2.75, 3.05) is 0 Å². The van der Waals surface area contributed by atoms with Gasteiger partial charge in [0.1, 0.15) is 5.54 Å². The first kappa shape index (κ1) is 11.8. The van der Waals surface area contributed by atoms with E-state index in [4.69, 9.17) is 11.6 Å². The largest absolute Gasteiger partial charge is 0.339 e. The minimum Gasteiger partial charge on any atom is -0.339 e. The van der Waals surface area contributed by atoms with Crippen LogP contribution in [0.4, 0.5) is 0 Å². The zero-order valence-corrected chi connectivity index (χ0v) is 12.3. The van der Waals surface area contributed by atoms with Crippen LogP contribution in [0.2, 0.25) is 0 Å². The minimum absolute atomic E-state index is 0.0468. The molecule has 6 rings (SSSR count). The van der Waals surface area contributed by atoms with Crippen molar-refractivity contribution in [2.45, 2.75) is 23.8 Å². The highest BCUT2D eigenvalue weighted by Gasteiger charge is 2.58. The summed E-state index contributed by atoms with van der Waals surface area (Å²) in [5, 5.41) is 2.98. The predicted molar refractivity (Wildman–Crippen MR) is 82.2 cm³/mol. The van der Waals surface area contributed by atoms with Gasteiger partial charge >= 0.3 is 0 Å². The van der Waals surface area contributed by atoms with Crippen LogP contribution in [0.15, 0.2) is 53.6 Å². The standard InChI is InChI=1S/C18H14ClNO/c1-9-2-4-13-12(8-9)10-6-7-18(13)16-11(10)3-5-14(19)15(16)17(21)20-18/h2-8,10,14-15H,1H3,(H,20,21). The number of hydrogen-bond acceptors (Lipinski definition) is 1. The van der Waals surface area contributed by atoms with E-state index < -0.39 is 5.54 Å². The molecule has 104 valence electrons. The smallest absolute Gasteiger partial charge is 0.230 e. The summed E-state index contributed by atoms with van der Waals surface area (Å²) in [5.41, 5.74) is 5.76. The molecule has 1 aliphatic heterocycles.